The molecule has 1 N–H and O–H groups in total. The highest BCUT2D eigenvalue weighted by Gasteiger charge is 2.26. The van der Waals surface area contributed by atoms with Gasteiger partial charge in [0.25, 0.3) is 5.91 Å². The second kappa shape index (κ2) is 9.90. The number of likely N-dealkylation sites (tertiary alicyclic amines) is 1. The van der Waals surface area contributed by atoms with E-state index in [9.17, 15) is 4.79 Å². The van der Waals surface area contributed by atoms with E-state index in [4.69, 9.17) is 9.47 Å². The van der Waals surface area contributed by atoms with Gasteiger partial charge in [0, 0.05) is 62.3 Å². The zero-order chi connectivity index (χ0) is 21.6. The lowest BCUT2D eigenvalue weighted by Crippen LogP contribution is -2.41. The van der Waals surface area contributed by atoms with Crippen molar-refractivity contribution < 1.29 is 14.3 Å². The van der Waals surface area contributed by atoms with Gasteiger partial charge in [-0.2, -0.15) is 0 Å². The number of pyridine rings is 1. The minimum absolute atomic E-state index is 0.117. The van der Waals surface area contributed by atoms with Crippen molar-refractivity contribution in [2.45, 2.75) is 38.1 Å². The van der Waals surface area contributed by atoms with Gasteiger partial charge >= 0.3 is 0 Å². The second-order valence-electron chi connectivity index (χ2n) is 8.23. The van der Waals surface area contributed by atoms with Gasteiger partial charge in [-0.15, -0.1) is 0 Å². The van der Waals surface area contributed by atoms with Crippen LogP contribution in [0.25, 0.3) is 0 Å². The zero-order valence-electron chi connectivity index (χ0n) is 18.5. The van der Waals surface area contributed by atoms with E-state index in [2.05, 4.69) is 15.2 Å². The Bertz CT molecular complexity index is 868. The molecule has 0 spiro atoms. The van der Waals surface area contributed by atoms with Crippen LogP contribution >= 0.6 is 0 Å². The Hall–Kier alpha value is -2.96. The molecule has 0 atom stereocenters. The van der Waals surface area contributed by atoms with Gasteiger partial charge in [0.15, 0.2) is 0 Å². The third kappa shape index (κ3) is 5.03. The molecule has 1 aromatic heterocycles. The van der Waals surface area contributed by atoms with Gasteiger partial charge in [0.2, 0.25) is 0 Å². The van der Waals surface area contributed by atoms with Gasteiger partial charge in [0.1, 0.15) is 17.3 Å². The Labute approximate surface area is 184 Å². The van der Waals surface area contributed by atoms with E-state index in [1.807, 2.05) is 35.2 Å². The summed E-state index contributed by atoms with van der Waals surface area (Å²) >= 11 is 0. The number of hydrogen-bond acceptors (Lipinski definition) is 6. The quantitative estimate of drug-likeness (QED) is 0.761. The minimum atomic E-state index is 0.117. The molecule has 31 heavy (non-hydrogen) atoms. The van der Waals surface area contributed by atoms with Crippen LogP contribution in [0.2, 0.25) is 0 Å². The molecule has 0 aliphatic carbocycles. The van der Waals surface area contributed by atoms with Crippen molar-refractivity contribution in [3.63, 3.8) is 0 Å². The monoisotopic (exact) mass is 424 g/mol. The van der Waals surface area contributed by atoms with Crippen LogP contribution in [0, 0.1) is 0 Å². The van der Waals surface area contributed by atoms with Gasteiger partial charge in [-0.3, -0.25) is 4.79 Å². The Morgan fingerprint density at radius 2 is 1.68 bits per heavy atom. The second-order valence-corrected chi connectivity index (χ2v) is 8.23. The van der Waals surface area contributed by atoms with Crippen molar-refractivity contribution in [2.75, 3.05) is 50.6 Å². The van der Waals surface area contributed by atoms with Crippen molar-refractivity contribution in [3.8, 4) is 11.5 Å². The zero-order valence-corrected chi connectivity index (χ0v) is 18.5. The van der Waals surface area contributed by atoms with E-state index in [0.29, 0.717) is 6.04 Å². The molecule has 7 nitrogen and oxygen atoms in total. The Morgan fingerprint density at radius 3 is 2.32 bits per heavy atom. The smallest absolute Gasteiger partial charge is 0.257 e. The molecule has 3 heterocycles. The molecule has 1 amide bonds. The SMILES string of the molecule is COc1cc(NC2CCN(c3ncccc3C(=O)N3CCCCC3)CC2)cc(OC)c1. The Kier molecular flexibility index (Phi) is 6.79. The summed E-state index contributed by atoms with van der Waals surface area (Å²) in [4.78, 5) is 21.9. The first kappa shape index (κ1) is 21.3. The highest BCUT2D eigenvalue weighted by molar-refractivity contribution is 5.99. The van der Waals surface area contributed by atoms with Gasteiger partial charge in [-0.05, 0) is 44.2 Å². The van der Waals surface area contributed by atoms with E-state index >= 15 is 0 Å². The van der Waals surface area contributed by atoms with Crippen LogP contribution in [0.15, 0.2) is 36.5 Å². The number of ether oxygens (including phenoxy) is 2. The Morgan fingerprint density at radius 1 is 1.00 bits per heavy atom. The molecule has 7 heteroatoms. The number of carbonyl (C=O) groups is 1. The lowest BCUT2D eigenvalue weighted by atomic mass is 10.0. The fourth-order valence-corrected chi connectivity index (χ4v) is 4.45. The maximum absolute atomic E-state index is 13.1. The number of nitrogens with zero attached hydrogens (tertiary/aromatic N) is 3. The van der Waals surface area contributed by atoms with Crippen molar-refractivity contribution in [1.29, 1.82) is 0 Å². The molecule has 2 aliphatic heterocycles. The lowest BCUT2D eigenvalue weighted by Gasteiger charge is -2.35. The molecule has 2 aromatic rings. The fraction of sp³-hybridized carbons (Fsp3) is 0.500. The lowest BCUT2D eigenvalue weighted by molar-refractivity contribution is 0.0724. The van der Waals surface area contributed by atoms with Gasteiger partial charge in [0.05, 0.1) is 19.8 Å². The molecule has 2 saturated heterocycles. The van der Waals surface area contributed by atoms with E-state index in [0.717, 1.165) is 80.4 Å². The van der Waals surface area contributed by atoms with E-state index in [1.165, 1.54) is 6.42 Å². The molecule has 0 radical (unpaired) electrons. The first-order valence-corrected chi connectivity index (χ1v) is 11.2. The van der Waals surface area contributed by atoms with Crippen LogP contribution in [-0.4, -0.2) is 62.2 Å². The molecule has 4 rings (SSSR count). The largest absolute Gasteiger partial charge is 0.497 e. The van der Waals surface area contributed by atoms with Crippen LogP contribution in [-0.2, 0) is 0 Å². The number of methoxy groups -OCH3 is 2. The number of rotatable bonds is 6. The molecule has 2 aliphatic rings. The van der Waals surface area contributed by atoms with Crippen LogP contribution in [0.1, 0.15) is 42.5 Å². The van der Waals surface area contributed by atoms with Gasteiger partial charge in [-0.1, -0.05) is 0 Å². The summed E-state index contributed by atoms with van der Waals surface area (Å²) in [6, 6.07) is 9.98. The number of amides is 1. The first-order valence-electron chi connectivity index (χ1n) is 11.2. The molecule has 0 bridgehead atoms. The predicted octanol–water partition coefficient (Wildman–Crippen LogP) is 3.81. The topological polar surface area (TPSA) is 66.9 Å². The van der Waals surface area contributed by atoms with Crippen LogP contribution in [0.4, 0.5) is 11.5 Å². The summed E-state index contributed by atoms with van der Waals surface area (Å²) in [5.74, 6) is 2.48. The molecular formula is C24H32N4O3. The summed E-state index contributed by atoms with van der Waals surface area (Å²) in [6.45, 7) is 3.42. The van der Waals surface area contributed by atoms with Gasteiger partial charge < -0.3 is 24.6 Å². The molecule has 0 unspecified atom stereocenters. The highest BCUT2D eigenvalue weighted by Crippen LogP contribution is 2.29. The number of anilines is 2. The van der Waals surface area contributed by atoms with Crippen LogP contribution in [0.5, 0.6) is 11.5 Å². The van der Waals surface area contributed by atoms with Crippen LogP contribution < -0.4 is 19.7 Å². The average Bonchev–Trinajstić information content (AvgIpc) is 2.84. The number of hydrogen-bond donors (Lipinski definition) is 1. The summed E-state index contributed by atoms with van der Waals surface area (Å²) in [5.41, 5.74) is 1.72. The van der Waals surface area contributed by atoms with Gasteiger partial charge in [-0.25, -0.2) is 4.98 Å². The third-order valence-corrected chi connectivity index (χ3v) is 6.18. The van der Waals surface area contributed by atoms with E-state index in [-0.39, 0.29) is 5.91 Å². The third-order valence-electron chi connectivity index (χ3n) is 6.18. The maximum atomic E-state index is 13.1. The van der Waals surface area contributed by atoms with E-state index in [1.54, 1.807) is 20.4 Å². The summed E-state index contributed by atoms with van der Waals surface area (Å²) in [5, 5.41) is 3.61. The van der Waals surface area contributed by atoms with Crippen molar-refractivity contribution >= 4 is 17.4 Å². The predicted molar refractivity (Wildman–Crippen MR) is 122 cm³/mol. The summed E-state index contributed by atoms with van der Waals surface area (Å²) in [7, 11) is 3.32. The molecule has 2 fully saturated rings. The summed E-state index contributed by atoms with van der Waals surface area (Å²) < 4.78 is 10.7. The molecule has 166 valence electrons. The number of carbonyl (C=O) groups excluding carboxylic acids is 1. The van der Waals surface area contributed by atoms with Crippen molar-refractivity contribution in [3.05, 3.63) is 42.1 Å². The number of nitrogens with one attached hydrogen (secondary N) is 1. The number of benzene rings is 1. The van der Waals surface area contributed by atoms with Crippen molar-refractivity contribution in [2.24, 2.45) is 0 Å². The number of piperidine rings is 2. The standard InChI is InChI=1S/C24H32N4O3/c1-30-20-15-19(16-21(17-20)31-2)26-18-8-13-27(14-9-18)23-22(7-6-10-25-23)24(29)28-11-4-3-5-12-28/h6-7,10,15-18,26H,3-5,8-9,11-14H2,1-2H3. The molecule has 0 saturated carbocycles. The normalized spacial score (nSPS) is 17.4. The van der Waals surface area contributed by atoms with Crippen LogP contribution in [0.3, 0.4) is 0 Å². The molecule has 1 aromatic carbocycles. The first-order chi connectivity index (χ1) is 15.2. The minimum Gasteiger partial charge on any atom is -0.497 e. The number of aromatic nitrogens is 1. The van der Waals surface area contributed by atoms with E-state index < -0.39 is 0 Å². The summed E-state index contributed by atoms with van der Waals surface area (Å²) in [6.07, 6.45) is 7.11. The van der Waals surface area contributed by atoms with Crippen molar-refractivity contribution in [1.82, 2.24) is 9.88 Å². The Balaban J connectivity index is 1.41. The fourth-order valence-electron chi connectivity index (χ4n) is 4.45. The highest BCUT2D eigenvalue weighted by atomic mass is 16.5. The molecular weight excluding hydrogens is 392 g/mol. The average molecular weight is 425 g/mol. The maximum Gasteiger partial charge on any atom is 0.257 e.